The summed E-state index contributed by atoms with van der Waals surface area (Å²) >= 11 is 1.77. The average molecular weight is 462 g/mol. The molecule has 0 aromatic carbocycles. The number of carbonyl (C=O) groups is 2. The number of halogens is 3. The first-order valence-corrected chi connectivity index (χ1v) is 10.2. The molecule has 12 heteroatoms. The number of carboxylic acid groups (broad SMARTS) is 1. The average Bonchev–Trinajstić information content (AvgIpc) is 3.27. The van der Waals surface area contributed by atoms with E-state index in [9.17, 15) is 18.0 Å². The van der Waals surface area contributed by atoms with Crippen LogP contribution in [0.15, 0.2) is 17.8 Å². The number of thiophene rings is 1. The van der Waals surface area contributed by atoms with E-state index >= 15 is 0 Å². The molecule has 1 atom stereocenters. The molecule has 0 saturated carbocycles. The number of hydrogen-bond acceptors (Lipinski definition) is 6. The summed E-state index contributed by atoms with van der Waals surface area (Å²) in [5.41, 5.74) is 3.35. The van der Waals surface area contributed by atoms with Crippen molar-refractivity contribution in [3.05, 3.63) is 39.6 Å². The van der Waals surface area contributed by atoms with Gasteiger partial charge < -0.3 is 19.7 Å². The molecule has 172 valence electrons. The maximum absolute atomic E-state index is 12.7. The summed E-state index contributed by atoms with van der Waals surface area (Å²) < 4.78 is 38.7. The molecule has 0 fully saturated rings. The maximum Gasteiger partial charge on any atom is 0.490 e. The van der Waals surface area contributed by atoms with Crippen LogP contribution in [-0.4, -0.2) is 64.4 Å². The first kappa shape index (κ1) is 24.8. The SMILES string of the molecule is COCCNC(=O)C1CN(Cc2sccc2C)Cc2ncn(C)c21.O=C(O)C(F)(F)F. The predicted octanol–water partition coefficient (Wildman–Crippen LogP) is 2.29. The van der Waals surface area contributed by atoms with Gasteiger partial charge in [0.25, 0.3) is 0 Å². The number of nitrogens with one attached hydrogen (secondary N) is 1. The number of imidazole rings is 1. The number of amides is 1. The number of rotatable bonds is 6. The van der Waals surface area contributed by atoms with Crippen LogP contribution < -0.4 is 5.32 Å². The summed E-state index contributed by atoms with van der Waals surface area (Å²) in [7, 11) is 3.59. The first-order valence-electron chi connectivity index (χ1n) is 9.36. The van der Waals surface area contributed by atoms with Crippen LogP contribution in [-0.2, 0) is 34.5 Å². The molecule has 2 aromatic heterocycles. The molecule has 0 aliphatic carbocycles. The van der Waals surface area contributed by atoms with Crippen molar-refractivity contribution in [1.29, 1.82) is 0 Å². The molecule has 0 radical (unpaired) electrons. The molecule has 1 amide bonds. The molecule has 31 heavy (non-hydrogen) atoms. The number of aliphatic carboxylic acids is 1. The summed E-state index contributed by atoms with van der Waals surface area (Å²) in [6.45, 7) is 5.55. The van der Waals surface area contributed by atoms with E-state index in [0.29, 0.717) is 19.7 Å². The van der Waals surface area contributed by atoms with E-state index in [1.807, 2.05) is 11.6 Å². The number of nitrogens with zero attached hydrogens (tertiary/aromatic N) is 3. The molecule has 1 unspecified atom stereocenters. The number of carbonyl (C=O) groups excluding carboxylic acids is 1. The highest BCUT2D eigenvalue weighted by Crippen LogP contribution is 2.29. The van der Waals surface area contributed by atoms with Gasteiger partial charge in [0.15, 0.2) is 0 Å². The lowest BCUT2D eigenvalue weighted by Gasteiger charge is -2.32. The van der Waals surface area contributed by atoms with Gasteiger partial charge in [-0.1, -0.05) is 0 Å². The third kappa shape index (κ3) is 6.77. The standard InChI is InChI=1S/C17H24N4O2S.C2HF3O2/c1-12-4-7-24-15(12)10-21-8-13(17(22)18-5-6-23-3)16-14(9-21)19-11-20(16)2;3-2(4,5)1(6)7/h4,7,11,13H,5-6,8-10H2,1-3H3,(H,18,22);(H,6,7). The van der Waals surface area contributed by atoms with E-state index in [4.69, 9.17) is 14.6 Å². The lowest BCUT2D eigenvalue weighted by Crippen LogP contribution is -2.42. The molecule has 1 aliphatic heterocycles. The van der Waals surface area contributed by atoms with Crippen molar-refractivity contribution in [2.45, 2.75) is 32.1 Å². The molecule has 0 saturated heterocycles. The largest absolute Gasteiger partial charge is 0.490 e. The summed E-state index contributed by atoms with van der Waals surface area (Å²) in [4.78, 5) is 29.7. The molecular formula is C19H25F3N4O4S. The fourth-order valence-electron chi connectivity index (χ4n) is 3.17. The zero-order valence-electron chi connectivity index (χ0n) is 17.4. The lowest BCUT2D eigenvalue weighted by atomic mass is 9.97. The van der Waals surface area contributed by atoms with E-state index in [2.05, 4.69) is 33.6 Å². The van der Waals surface area contributed by atoms with Gasteiger partial charge in [-0.2, -0.15) is 13.2 Å². The third-order valence-corrected chi connectivity index (χ3v) is 5.71. The van der Waals surface area contributed by atoms with E-state index in [1.54, 1.807) is 24.8 Å². The van der Waals surface area contributed by atoms with Gasteiger partial charge in [0, 0.05) is 45.2 Å². The Morgan fingerprint density at radius 1 is 1.42 bits per heavy atom. The number of hydrogen-bond donors (Lipinski definition) is 2. The van der Waals surface area contributed by atoms with Crippen molar-refractivity contribution >= 4 is 23.2 Å². The Kier molecular flexibility index (Phi) is 8.60. The smallest absolute Gasteiger partial charge is 0.475 e. The molecule has 1 aliphatic rings. The van der Waals surface area contributed by atoms with E-state index < -0.39 is 12.1 Å². The van der Waals surface area contributed by atoms with E-state index in [0.717, 1.165) is 24.5 Å². The van der Waals surface area contributed by atoms with Gasteiger partial charge in [-0.25, -0.2) is 9.78 Å². The highest BCUT2D eigenvalue weighted by atomic mass is 32.1. The molecule has 8 nitrogen and oxygen atoms in total. The molecule has 3 heterocycles. The van der Waals surface area contributed by atoms with Crippen LogP contribution in [0, 0.1) is 6.92 Å². The Hall–Kier alpha value is -2.44. The number of alkyl halides is 3. The van der Waals surface area contributed by atoms with Gasteiger partial charge in [0.05, 0.1) is 30.2 Å². The van der Waals surface area contributed by atoms with E-state index in [-0.39, 0.29) is 11.8 Å². The molecule has 3 rings (SSSR count). The molecular weight excluding hydrogens is 437 g/mol. The Balaban J connectivity index is 0.000000423. The van der Waals surface area contributed by atoms with Gasteiger partial charge >= 0.3 is 12.1 Å². The van der Waals surface area contributed by atoms with Gasteiger partial charge in [0.1, 0.15) is 0 Å². The summed E-state index contributed by atoms with van der Waals surface area (Å²) in [5.74, 6) is -2.91. The Morgan fingerprint density at radius 3 is 2.65 bits per heavy atom. The second-order valence-corrected chi connectivity index (χ2v) is 8.02. The monoisotopic (exact) mass is 462 g/mol. The Labute approximate surface area is 181 Å². The van der Waals surface area contributed by atoms with Crippen molar-refractivity contribution in [3.63, 3.8) is 0 Å². The lowest BCUT2D eigenvalue weighted by molar-refractivity contribution is -0.192. The van der Waals surface area contributed by atoms with E-state index in [1.165, 1.54) is 10.4 Å². The summed E-state index contributed by atoms with van der Waals surface area (Å²) in [5, 5.41) is 12.2. The number of aromatic nitrogens is 2. The molecule has 0 spiro atoms. The molecule has 0 bridgehead atoms. The van der Waals surface area contributed by atoms with Crippen molar-refractivity contribution in [2.75, 3.05) is 26.8 Å². The fourth-order valence-corrected chi connectivity index (χ4v) is 4.12. The highest BCUT2D eigenvalue weighted by molar-refractivity contribution is 7.10. The second-order valence-electron chi connectivity index (χ2n) is 7.02. The van der Waals surface area contributed by atoms with Gasteiger partial charge in [-0.05, 0) is 23.9 Å². The van der Waals surface area contributed by atoms with Crippen LogP contribution in [0.5, 0.6) is 0 Å². The summed E-state index contributed by atoms with van der Waals surface area (Å²) in [6.07, 6.45) is -3.28. The Morgan fingerprint density at radius 2 is 2.10 bits per heavy atom. The third-order valence-electron chi connectivity index (χ3n) is 4.71. The Bertz CT molecular complexity index is 897. The molecule has 2 aromatic rings. The topological polar surface area (TPSA) is 96.7 Å². The second kappa shape index (κ2) is 10.7. The van der Waals surface area contributed by atoms with Crippen LogP contribution >= 0.6 is 11.3 Å². The minimum absolute atomic E-state index is 0.0458. The first-order chi connectivity index (χ1) is 14.5. The number of fused-ring (bicyclic) bond motifs is 1. The van der Waals surface area contributed by atoms with Crippen LogP contribution in [0.1, 0.15) is 27.7 Å². The van der Waals surface area contributed by atoms with Crippen LogP contribution in [0.4, 0.5) is 13.2 Å². The minimum atomic E-state index is -5.08. The van der Waals surface area contributed by atoms with Gasteiger partial charge in [-0.15, -0.1) is 11.3 Å². The normalized spacial score (nSPS) is 16.3. The van der Waals surface area contributed by atoms with Crippen LogP contribution in [0.2, 0.25) is 0 Å². The van der Waals surface area contributed by atoms with Crippen molar-refractivity contribution in [1.82, 2.24) is 19.8 Å². The number of aryl methyl sites for hydroxylation is 2. The fraction of sp³-hybridized carbons (Fsp3) is 0.526. The van der Waals surface area contributed by atoms with Crippen molar-refractivity contribution < 1.29 is 32.6 Å². The zero-order valence-corrected chi connectivity index (χ0v) is 18.2. The van der Waals surface area contributed by atoms with Crippen molar-refractivity contribution in [3.8, 4) is 0 Å². The molecule has 2 N–H and O–H groups in total. The minimum Gasteiger partial charge on any atom is -0.475 e. The van der Waals surface area contributed by atoms with Gasteiger partial charge in [-0.3, -0.25) is 9.69 Å². The zero-order chi connectivity index (χ0) is 23.2. The predicted molar refractivity (Wildman–Crippen MR) is 108 cm³/mol. The number of ether oxygens (including phenoxy) is 1. The summed E-state index contributed by atoms with van der Waals surface area (Å²) in [6, 6.07) is 2.14. The van der Waals surface area contributed by atoms with Crippen molar-refractivity contribution in [2.24, 2.45) is 7.05 Å². The maximum atomic E-state index is 12.7. The highest BCUT2D eigenvalue weighted by Gasteiger charge is 2.38. The number of carboxylic acids is 1. The quantitative estimate of drug-likeness (QED) is 0.640. The van der Waals surface area contributed by atoms with Crippen LogP contribution in [0.25, 0.3) is 0 Å². The number of methoxy groups -OCH3 is 1. The van der Waals surface area contributed by atoms with Crippen LogP contribution in [0.3, 0.4) is 0 Å². The van der Waals surface area contributed by atoms with Gasteiger partial charge in [0.2, 0.25) is 5.91 Å².